The molecule has 2 aliphatic carbocycles. The highest BCUT2D eigenvalue weighted by Crippen LogP contribution is 2.48. The second-order valence-electron chi connectivity index (χ2n) is 6.15. The van der Waals surface area contributed by atoms with Gasteiger partial charge in [-0.3, -0.25) is 4.79 Å². The summed E-state index contributed by atoms with van der Waals surface area (Å²) >= 11 is 0. The van der Waals surface area contributed by atoms with Crippen LogP contribution in [-0.4, -0.2) is 37.5 Å². The fourth-order valence-corrected chi connectivity index (χ4v) is 3.45. The van der Waals surface area contributed by atoms with Crippen molar-refractivity contribution in [2.24, 2.45) is 5.41 Å². The van der Waals surface area contributed by atoms with Crippen LogP contribution in [0.5, 0.6) is 0 Å². The van der Waals surface area contributed by atoms with E-state index in [1.807, 2.05) is 14.1 Å². The summed E-state index contributed by atoms with van der Waals surface area (Å²) in [6.07, 6.45) is 11.1. The molecular weight excluding hydrogens is 212 g/mol. The molecule has 0 radical (unpaired) electrons. The Morgan fingerprint density at radius 1 is 1.18 bits per heavy atom. The minimum atomic E-state index is 0.186. The maximum Gasteiger partial charge on any atom is 0.236 e. The molecule has 0 aromatic carbocycles. The lowest BCUT2D eigenvalue weighted by atomic mass is 9.71. The Morgan fingerprint density at radius 3 is 2.29 bits per heavy atom. The summed E-state index contributed by atoms with van der Waals surface area (Å²) in [6, 6.07) is 0.574. The highest BCUT2D eigenvalue weighted by atomic mass is 16.2. The lowest BCUT2D eigenvalue weighted by molar-refractivity contribution is -0.127. The van der Waals surface area contributed by atoms with Gasteiger partial charge in [0, 0.05) is 20.1 Å². The summed E-state index contributed by atoms with van der Waals surface area (Å²) in [7, 11) is 3.64. The Hall–Kier alpha value is -0.570. The van der Waals surface area contributed by atoms with Crippen LogP contribution >= 0.6 is 0 Å². The smallest absolute Gasteiger partial charge is 0.236 e. The van der Waals surface area contributed by atoms with E-state index in [2.05, 4.69) is 5.32 Å². The van der Waals surface area contributed by atoms with Crippen molar-refractivity contribution >= 4 is 5.91 Å². The van der Waals surface area contributed by atoms with Crippen molar-refractivity contribution in [2.45, 2.75) is 57.4 Å². The molecule has 0 atom stereocenters. The van der Waals surface area contributed by atoms with E-state index in [1.165, 1.54) is 51.4 Å². The number of hydrogen-bond acceptors (Lipinski definition) is 2. The monoisotopic (exact) mass is 238 g/mol. The third-order valence-corrected chi connectivity index (χ3v) is 4.75. The minimum absolute atomic E-state index is 0.186. The second kappa shape index (κ2) is 5.38. The number of likely N-dealkylation sites (N-methyl/N-ethyl adjacent to an activating group) is 1. The van der Waals surface area contributed by atoms with Crippen molar-refractivity contribution in [3.8, 4) is 0 Å². The largest absolute Gasteiger partial charge is 0.348 e. The standard InChI is InChI=1S/C14H26N2O/c1-16(2)13(17)11-15-12-5-9-14(10-6-12)7-3-4-8-14/h12,15H,3-11H2,1-2H3. The molecule has 3 nitrogen and oxygen atoms in total. The first-order chi connectivity index (χ1) is 8.11. The van der Waals surface area contributed by atoms with E-state index >= 15 is 0 Å². The van der Waals surface area contributed by atoms with Gasteiger partial charge in [-0.15, -0.1) is 0 Å². The first kappa shape index (κ1) is 12.9. The van der Waals surface area contributed by atoms with Crippen LogP contribution in [-0.2, 0) is 4.79 Å². The van der Waals surface area contributed by atoms with Crippen molar-refractivity contribution in [2.75, 3.05) is 20.6 Å². The lowest BCUT2D eigenvalue weighted by Gasteiger charge is -2.37. The zero-order chi connectivity index (χ0) is 12.3. The van der Waals surface area contributed by atoms with Gasteiger partial charge in [-0.25, -0.2) is 0 Å². The van der Waals surface area contributed by atoms with Crippen molar-refractivity contribution in [3.63, 3.8) is 0 Å². The molecule has 2 fully saturated rings. The van der Waals surface area contributed by atoms with Crippen LogP contribution in [0.15, 0.2) is 0 Å². The molecule has 2 rings (SSSR count). The molecule has 2 aliphatic rings. The Kier molecular flexibility index (Phi) is 4.08. The maximum absolute atomic E-state index is 11.5. The third kappa shape index (κ3) is 3.21. The number of nitrogens with zero attached hydrogens (tertiary/aromatic N) is 1. The van der Waals surface area contributed by atoms with Crippen LogP contribution in [0.1, 0.15) is 51.4 Å². The second-order valence-corrected chi connectivity index (χ2v) is 6.15. The topological polar surface area (TPSA) is 32.3 Å². The molecule has 0 aromatic heterocycles. The summed E-state index contributed by atoms with van der Waals surface area (Å²) in [5, 5.41) is 3.42. The van der Waals surface area contributed by atoms with Gasteiger partial charge in [-0.05, 0) is 43.9 Å². The molecule has 2 saturated carbocycles. The summed E-state index contributed by atoms with van der Waals surface area (Å²) < 4.78 is 0. The van der Waals surface area contributed by atoms with Gasteiger partial charge in [0.05, 0.1) is 6.54 Å². The fourth-order valence-electron chi connectivity index (χ4n) is 3.45. The number of rotatable bonds is 3. The molecule has 0 aliphatic heterocycles. The van der Waals surface area contributed by atoms with E-state index in [1.54, 1.807) is 4.90 Å². The van der Waals surface area contributed by atoms with E-state index in [-0.39, 0.29) is 5.91 Å². The summed E-state index contributed by atoms with van der Waals surface area (Å²) in [4.78, 5) is 13.2. The van der Waals surface area contributed by atoms with Gasteiger partial charge in [0.15, 0.2) is 0 Å². The van der Waals surface area contributed by atoms with Gasteiger partial charge >= 0.3 is 0 Å². The molecule has 1 spiro atoms. The Morgan fingerprint density at radius 2 is 1.76 bits per heavy atom. The highest BCUT2D eigenvalue weighted by Gasteiger charge is 2.37. The number of hydrogen-bond donors (Lipinski definition) is 1. The van der Waals surface area contributed by atoms with Crippen molar-refractivity contribution in [1.29, 1.82) is 0 Å². The van der Waals surface area contributed by atoms with E-state index in [9.17, 15) is 4.79 Å². The zero-order valence-corrected chi connectivity index (χ0v) is 11.3. The van der Waals surface area contributed by atoms with Crippen LogP contribution in [0.3, 0.4) is 0 Å². The fraction of sp³-hybridized carbons (Fsp3) is 0.929. The normalized spacial score (nSPS) is 24.1. The van der Waals surface area contributed by atoms with Gasteiger partial charge in [-0.2, -0.15) is 0 Å². The Bertz CT molecular complexity index is 259. The molecule has 0 heterocycles. The van der Waals surface area contributed by atoms with Crippen LogP contribution in [0, 0.1) is 5.41 Å². The van der Waals surface area contributed by atoms with Gasteiger partial charge in [-0.1, -0.05) is 12.8 Å². The van der Waals surface area contributed by atoms with E-state index in [4.69, 9.17) is 0 Å². The Labute approximate surface area is 105 Å². The first-order valence-electron chi connectivity index (χ1n) is 7.05. The van der Waals surface area contributed by atoms with Crippen LogP contribution < -0.4 is 5.32 Å². The average molecular weight is 238 g/mol. The lowest BCUT2D eigenvalue weighted by Crippen LogP contribution is -2.41. The Balaban J connectivity index is 1.70. The molecule has 98 valence electrons. The summed E-state index contributed by atoms with van der Waals surface area (Å²) in [5.41, 5.74) is 0.698. The number of nitrogens with one attached hydrogen (secondary N) is 1. The molecule has 17 heavy (non-hydrogen) atoms. The molecule has 1 N–H and O–H groups in total. The first-order valence-corrected chi connectivity index (χ1v) is 7.05. The number of carbonyl (C=O) groups is 1. The van der Waals surface area contributed by atoms with Crippen LogP contribution in [0.4, 0.5) is 0 Å². The van der Waals surface area contributed by atoms with Crippen LogP contribution in [0.25, 0.3) is 0 Å². The zero-order valence-electron chi connectivity index (χ0n) is 11.3. The highest BCUT2D eigenvalue weighted by molar-refractivity contribution is 5.77. The van der Waals surface area contributed by atoms with Gasteiger partial charge in [0.2, 0.25) is 5.91 Å². The summed E-state index contributed by atoms with van der Waals surface area (Å²) in [6.45, 7) is 0.505. The molecule has 0 aromatic rings. The van der Waals surface area contributed by atoms with Crippen LogP contribution in [0.2, 0.25) is 0 Å². The predicted molar refractivity (Wildman–Crippen MR) is 69.9 cm³/mol. The van der Waals surface area contributed by atoms with Crippen molar-refractivity contribution in [3.05, 3.63) is 0 Å². The third-order valence-electron chi connectivity index (χ3n) is 4.75. The van der Waals surface area contributed by atoms with Crippen molar-refractivity contribution in [1.82, 2.24) is 10.2 Å². The summed E-state index contributed by atoms with van der Waals surface area (Å²) in [5.74, 6) is 0.186. The average Bonchev–Trinajstić information content (AvgIpc) is 2.76. The van der Waals surface area contributed by atoms with Gasteiger partial charge < -0.3 is 10.2 Å². The molecule has 1 amide bonds. The molecule has 0 saturated heterocycles. The molecule has 3 heteroatoms. The molecular formula is C14H26N2O. The minimum Gasteiger partial charge on any atom is -0.348 e. The van der Waals surface area contributed by atoms with Crippen molar-refractivity contribution < 1.29 is 4.79 Å². The van der Waals surface area contributed by atoms with E-state index in [0.29, 0.717) is 18.0 Å². The maximum atomic E-state index is 11.5. The van der Waals surface area contributed by atoms with Gasteiger partial charge in [0.1, 0.15) is 0 Å². The number of carbonyl (C=O) groups excluding carboxylic acids is 1. The van der Waals surface area contributed by atoms with Gasteiger partial charge in [0.25, 0.3) is 0 Å². The van der Waals surface area contributed by atoms with E-state index in [0.717, 1.165) is 0 Å². The molecule has 0 bridgehead atoms. The SMILES string of the molecule is CN(C)C(=O)CNC1CCC2(CCCC2)CC1. The quantitative estimate of drug-likeness (QED) is 0.817. The molecule has 0 unspecified atom stereocenters. The van der Waals surface area contributed by atoms with E-state index < -0.39 is 0 Å². The predicted octanol–water partition coefficient (Wildman–Crippen LogP) is 2.17. The number of amides is 1.